The molecule has 1 N–H and O–H groups in total. The quantitative estimate of drug-likeness (QED) is 0.473. The molecule has 0 radical (unpaired) electrons. The van der Waals surface area contributed by atoms with Gasteiger partial charge in [-0.25, -0.2) is 0 Å². The van der Waals surface area contributed by atoms with Gasteiger partial charge in [-0.15, -0.1) is 10.2 Å². The number of hydrogen-bond donors (Lipinski definition) is 1. The van der Waals surface area contributed by atoms with E-state index in [2.05, 4.69) is 15.2 Å². The van der Waals surface area contributed by atoms with E-state index in [1.165, 1.54) is 24.3 Å². The zero-order valence-corrected chi connectivity index (χ0v) is 7.95. The van der Waals surface area contributed by atoms with Crippen molar-refractivity contribution >= 4 is 12.0 Å². The number of hydrogen-bond acceptors (Lipinski definition) is 5. The summed E-state index contributed by atoms with van der Waals surface area (Å²) in [7, 11) is 0. The van der Waals surface area contributed by atoms with Crippen LogP contribution in [-0.4, -0.2) is 26.4 Å². The molecule has 0 aliphatic carbocycles. The Morgan fingerprint density at radius 1 is 1.25 bits per heavy atom. The number of nitro benzene ring substituents is 1. The Balaban J connectivity index is 2.34. The fraction of sp³-hybridized carbons (Fsp3) is 0. The van der Waals surface area contributed by atoms with E-state index in [-0.39, 0.29) is 11.5 Å². The minimum absolute atomic E-state index is 0.00104. The largest absolute Gasteiger partial charge is 0.319 e. The maximum absolute atomic E-state index is 10.4. The van der Waals surface area contributed by atoms with Crippen molar-refractivity contribution in [2.75, 3.05) is 0 Å². The summed E-state index contributed by atoms with van der Waals surface area (Å²) in [6.07, 6.45) is 0.544. The lowest BCUT2D eigenvalue weighted by Gasteiger charge is -1.94. The van der Waals surface area contributed by atoms with Gasteiger partial charge in [-0.1, -0.05) is 0 Å². The molecular formula is C9H6N4O3. The van der Waals surface area contributed by atoms with E-state index in [4.69, 9.17) is 0 Å². The normalized spacial score (nSPS) is 10.0. The second-order valence-corrected chi connectivity index (χ2v) is 2.98. The van der Waals surface area contributed by atoms with Gasteiger partial charge in [0.2, 0.25) is 0 Å². The van der Waals surface area contributed by atoms with Gasteiger partial charge in [0.15, 0.2) is 17.9 Å². The number of H-pyrrole nitrogens is 1. The van der Waals surface area contributed by atoms with Gasteiger partial charge in [0.05, 0.1) is 4.92 Å². The van der Waals surface area contributed by atoms with Crippen LogP contribution >= 0.6 is 0 Å². The van der Waals surface area contributed by atoms with Crippen molar-refractivity contribution in [3.05, 3.63) is 40.2 Å². The molecule has 0 amide bonds. The number of aromatic nitrogens is 3. The van der Waals surface area contributed by atoms with Crippen molar-refractivity contribution in [2.24, 2.45) is 0 Å². The van der Waals surface area contributed by atoms with Crippen LogP contribution in [0.2, 0.25) is 0 Å². The van der Waals surface area contributed by atoms with Gasteiger partial charge in [-0.05, 0) is 12.1 Å². The number of benzene rings is 1. The van der Waals surface area contributed by atoms with Crippen molar-refractivity contribution in [1.29, 1.82) is 0 Å². The number of carbonyl (C=O) groups is 1. The monoisotopic (exact) mass is 218 g/mol. The lowest BCUT2D eigenvalue weighted by atomic mass is 10.2. The Bertz CT molecular complexity index is 532. The lowest BCUT2D eigenvalue weighted by Crippen LogP contribution is -1.88. The maximum atomic E-state index is 10.4. The van der Waals surface area contributed by atoms with Crippen LogP contribution in [0.25, 0.3) is 11.4 Å². The van der Waals surface area contributed by atoms with Gasteiger partial charge < -0.3 is 4.98 Å². The summed E-state index contributed by atoms with van der Waals surface area (Å²) in [6, 6.07) is 5.79. The number of nitrogens with zero attached hydrogens (tertiary/aromatic N) is 3. The summed E-state index contributed by atoms with van der Waals surface area (Å²) in [5.41, 5.74) is 0.630. The van der Waals surface area contributed by atoms with Crippen LogP contribution in [0.15, 0.2) is 24.3 Å². The first-order chi connectivity index (χ1) is 7.70. The number of non-ortho nitro benzene ring substituents is 1. The van der Waals surface area contributed by atoms with Crippen molar-refractivity contribution in [1.82, 2.24) is 15.2 Å². The van der Waals surface area contributed by atoms with E-state index in [1.54, 1.807) is 0 Å². The third-order valence-electron chi connectivity index (χ3n) is 1.97. The number of aromatic amines is 1. The third kappa shape index (κ3) is 1.78. The predicted octanol–water partition coefficient (Wildman–Crippen LogP) is 1.19. The van der Waals surface area contributed by atoms with Crippen LogP contribution in [0.1, 0.15) is 10.6 Å². The highest BCUT2D eigenvalue weighted by atomic mass is 16.6. The molecule has 0 aliphatic rings. The fourth-order valence-corrected chi connectivity index (χ4v) is 1.20. The number of carbonyl (C=O) groups excluding carboxylic acids is 1. The second kappa shape index (κ2) is 3.89. The SMILES string of the molecule is O=Cc1nnc(-c2ccc([N+](=O)[O-])cc2)[nH]1. The third-order valence-corrected chi connectivity index (χ3v) is 1.97. The van der Waals surface area contributed by atoms with E-state index in [0.717, 1.165) is 0 Å². The van der Waals surface area contributed by atoms with Crippen LogP contribution in [0.4, 0.5) is 5.69 Å². The Morgan fingerprint density at radius 3 is 2.44 bits per heavy atom. The van der Waals surface area contributed by atoms with E-state index in [9.17, 15) is 14.9 Å². The molecule has 1 aromatic carbocycles. The summed E-state index contributed by atoms with van der Waals surface area (Å²) in [5, 5.41) is 17.7. The van der Waals surface area contributed by atoms with Crippen molar-refractivity contribution < 1.29 is 9.72 Å². The molecule has 0 atom stereocenters. The van der Waals surface area contributed by atoms with Crippen molar-refractivity contribution in [2.45, 2.75) is 0 Å². The molecule has 0 saturated carbocycles. The highest BCUT2D eigenvalue weighted by Gasteiger charge is 2.08. The molecule has 0 unspecified atom stereocenters. The van der Waals surface area contributed by atoms with Gasteiger partial charge in [0.1, 0.15) is 0 Å². The number of nitrogens with one attached hydrogen (secondary N) is 1. The maximum Gasteiger partial charge on any atom is 0.269 e. The van der Waals surface area contributed by atoms with Crippen molar-refractivity contribution in [3.63, 3.8) is 0 Å². The molecular weight excluding hydrogens is 212 g/mol. The van der Waals surface area contributed by atoms with E-state index in [0.29, 0.717) is 17.7 Å². The van der Waals surface area contributed by atoms with Crippen LogP contribution in [0.3, 0.4) is 0 Å². The average Bonchev–Trinajstić information content (AvgIpc) is 2.77. The summed E-state index contributed by atoms with van der Waals surface area (Å²) in [6.45, 7) is 0. The fourth-order valence-electron chi connectivity index (χ4n) is 1.20. The molecule has 0 fully saturated rings. The first kappa shape index (κ1) is 9.97. The smallest absolute Gasteiger partial charge is 0.269 e. The Hall–Kier alpha value is -2.57. The summed E-state index contributed by atoms with van der Waals surface area (Å²) >= 11 is 0. The molecule has 80 valence electrons. The van der Waals surface area contributed by atoms with Crippen molar-refractivity contribution in [3.8, 4) is 11.4 Å². The summed E-state index contributed by atoms with van der Waals surface area (Å²) < 4.78 is 0. The number of aldehydes is 1. The van der Waals surface area contributed by atoms with E-state index >= 15 is 0 Å². The minimum Gasteiger partial charge on any atom is -0.319 e. The predicted molar refractivity (Wildman–Crippen MR) is 53.9 cm³/mol. The molecule has 16 heavy (non-hydrogen) atoms. The molecule has 0 aliphatic heterocycles. The van der Waals surface area contributed by atoms with Gasteiger partial charge in [-0.3, -0.25) is 14.9 Å². The van der Waals surface area contributed by atoms with Crippen LogP contribution in [0.5, 0.6) is 0 Å². The molecule has 0 saturated heterocycles. The van der Waals surface area contributed by atoms with Gasteiger partial charge in [0, 0.05) is 17.7 Å². The van der Waals surface area contributed by atoms with Crippen LogP contribution in [-0.2, 0) is 0 Å². The Morgan fingerprint density at radius 2 is 1.94 bits per heavy atom. The minimum atomic E-state index is -0.485. The highest BCUT2D eigenvalue weighted by Crippen LogP contribution is 2.18. The molecule has 7 nitrogen and oxygen atoms in total. The standard InChI is InChI=1S/C9H6N4O3/c14-5-8-10-9(12-11-8)6-1-3-7(4-2-6)13(15)16/h1-5H,(H,10,11,12). The summed E-state index contributed by atoms with van der Waals surface area (Å²) in [5.74, 6) is 0.519. The molecule has 1 aromatic heterocycles. The molecule has 0 bridgehead atoms. The molecule has 7 heteroatoms. The number of nitro groups is 1. The first-order valence-corrected chi connectivity index (χ1v) is 4.33. The second-order valence-electron chi connectivity index (χ2n) is 2.98. The molecule has 0 spiro atoms. The topological polar surface area (TPSA) is 102 Å². The van der Waals surface area contributed by atoms with Crippen LogP contribution in [0, 0.1) is 10.1 Å². The average molecular weight is 218 g/mol. The van der Waals surface area contributed by atoms with Gasteiger partial charge in [-0.2, -0.15) is 0 Å². The molecule has 2 rings (SSSR count). The van der Waals surface area contributed by atoms with Gasteiger partial charge >= 0.3 is 0 Å². The molecule has 2 aromatic rings. The number of rotatable bonds is 3. The van der Waals surface area contributed by atoms with E-state index < -0.39 is 4.92 Å². The van der Waals surface area contributed by atoms with Crippen LogP contribution < -0.4 is 0 Å². The lowest BCUT2D eigenvalue weighted by molar-refractivity contribution is -0.384. The first-order valence-electron chi connectivity index (χ1n) is 4.33. The Labute approximate surface area is 89.3 Å². The zero-order chi connectivity index (χ0) is 11.5. The Kier molecular flexibility index (Phi) is 2.42. The zero-order valence-electron chi connectivity index (χ0n) is 7.95. The highest BCUT2D eigenvalue weighted by molar-refractivity contribution is 5.70. The summed E-state index contributed by atoms with van der Waals surface area (Å²) in [4.78, 5) is 23.0. The molecule has 1 heterocycles. The van der Waals surface area contributed by atoms with Gasteiger partial charge in [0.25, 0.3) is 5.69 Å². The van der Waals surface area contributed by atoms with E-state index in [1.807, 2.05) is 0 Å².